The van der Waals surface area contributed by atoms with Gasteiger partial charge in [-0.3, -0.25) is 19.8 Å². The minimum Gasteiger partial charge on any atom is -0.329 e. The molecule has 2 heterocycles. The third-order valence-corrected chi connectivity index (χ3v) is 4.69. The minimum atomic E-state index is -0.783. The van der Waals surface area contributed by atoms with E-state index in [-0.39, 0.29) is 24.4 Å². The fourth-order valence-electron chi connectivity index (χ4n) is 2.21. The van der Waals surface area contributed by atoms with Crippen LogP contribution in [0.15, 0.2) is 12.1 Å². The summed E-state index contributed by atoms with van der Waals surface area (Å²) in [6, 6.07) is 3.49. The van der Waals surface area contributed by atoms with Gasteiger partial charge in [-0.05, 0) is 26.0 Å². The van der Waals surface area contributed by atoms with Crippen molar-refractivity contribution in [3.8, 4) is 0 Å². The zero-order chi connectivity index (χ0) is 14.2. The Morgan fingerprint density at radius 3 is 2.74 bits per heavy atom. The summed E-state index contributed by atoms with van der Waals surface area (Å²) < 4.78 is 0.666. The second kappa shape index (κ2) is 5.20. The lowest BCUT2D eigenvalue weighted by molar-refractivity contribution is -0.147. The summed E-state index contributed by atoms with van der Waals surface area (Å²) in [5.74, 6) is -0.602. The molecule has 1 aliphatic rings. The van der Waals surface area contributed by atoms with Crippen molar-refractivity contribution in [2.45, 2.75) is 25.4 Å². The number of amides is 2. The Hall–Kier alpha value is -0.950. The fraction of sp³-hybridized carbons (Fsp3) is 0.500. The maximum absolute atomic E-state index is 12.0. The number of carbonyl (C=O) groups is 2. The Morgan fingerprint density at radius 2 is 2.21 bits per heavy atom. The van der Waals surface area contributed by atoms with Crippen molar-refractivity contribution in [3.05, 3.63) is 21.3 Å². The third-order valence-electron chi connectivity index (χ3n) is 3.36. The average Bonchev–Trinajstić information content (AvgIpc) is 2.73. The Morgan fingerprint density at radius 1 is 1.53 bits per heavy atom. The van der Waals surface area contributed by atoms with Gasteiger partial charge in [-0.2, -0.15) is 0 Å². The van der Waals surface area contributed by atoms with Crippen molar-refractivity contribution in [1.29, 1.82) is 0 Å². The molecule has 1 unspecified atom stereocenters. The molecule has 1 atom stereocenters. The Kier molecular flexibility index (Phi) is 3.96. The molecule has 1 aliphatic heterocycles. The lowest BCUT2D eigenvalue weighted by Gasteiger charge is -2.44. The minimum absolute atomic E-state index is 0.149. The number of hydrogen-bond donors (Lipinski definition) is 2. The summed E-state index contributed by atoms with van der Waals surface area (Å²) in [5.41, 5.74) is 5.05. The van der Waals surface area contributed by atoms with Crippen LogP contribution in [0, 0.1) is 0 Å². The molecule has 0 saturated carbocycles. The van der Waals surface area contributed by atoms with Gasteiger partial charge in [0.1, 0.15) is 0 Å². The van der Waals surface area contributed by atoms with Crippen molar-refractivity contribution in [1.82, 2.24) is 10.2 Å². The fourth-order valence-corrected chi connectivity index (χ4v) is 3.39. The molecule has 0 aromatic carbocycles. The van der Waals surface area contributed by atoms with E-state index < -0.39 is 5.54 Å². The second-order valence-corrected chi connectivity index (χ2v) is 6.70. The summed E-state index contributed by atoms with van der Waals surface area (Å²) >= 11 is 7.36. The van der Waals surface area contributed by atoms with Crippen LogP contribution in [0.4, 0.5) is 0 Å². The van der Waals surface area contributed by atoms with E-state index in [2.05, 4.69) is 5.32 Å². The molecule has 0 radical (unpaired) electrons. The molecule has 104 valence electrons. The van der Waals surface area contributed by atoms with Gasteiger partial charge in [0.2, 0.25) is 11.8 Å². The number of halogens is 1. The molecule has 2 amide bonds. The standard InChI is InChI=1S/C12H16ClN3O2S/c1-12(2)11(18)15-10(17)6-16(12)7(5-14)8-3-4-9(13)19-8/h3-4,7H,5-6,14H2,1-2H3,(H,15,17,18). The molecule has 1 aromatic rings. The summed E-state index contributed by atoms with van der Waals surface area (Å²) in [6.45, 7) is 4.04. The smallest absolute Gasteiger partial charge is 0.246 e. The highest BCUT2D eigenvalue weighted by atomic mass is 35.5. The van der Waals surface area contributed by atoms with Gasteiger partial charge in [-0.15, -0.1) is 11.3 Å². The number of nitrogens with zero attached hydrogens (tertiary/aromatic N) is 1. The molecule has 7 heteroatoms. The van der Waals surface area contributed by atoms with Gasteiger partial charge < -0.3 is 5.73 Å². The van der Waals surface area contributed by atoms with Crippen LogP contribution in [-0.4, -0.2) is 35.3 Å². The highest BCUT2D eigenvalue weighted by molar-refractivity contribution is 7.16. The zero-order valence-corrected chi connectivity index (χ0v) is 12.3. The number of thiophene rings is 1. The van der Waals surface area contributed by atoms with Crippen LogP contribution < -0.4 is 11.1 Å². The largest absolute Gasteiger partial charge is 0.329 e. The molecule has 1 aromatic heterocycles. The normalized spacial score (nSPS) is 21.3. The number of carbonyl (C=O) groups excluding carboxylic acids is 2. The van der Waals surface area contributed by atoms with Gasteiger partial charge in [0, 0.05) is 11.4 Å². The van der Waals surface area contributed by atoms with Gasteiger partial charge in [0.05, 0.1) is 22.5 Å². The van der Waals surface area contributed by atoms with E-state index in [9.17, 15) is 9.59 Å². The molecule has 3 N–H and O–H groups in total. The van der Waals surface area contributed by atoms with Gasteiger partial charge in [-0.25, -0.2) is 0 Å². The summed E-state index contributed by atoms with van der Waals surface area (Å²) in [5, 5.41) is 2.35. The molecular weight excluding hydrogens is 286 g/mol. The van der Waals surface area contributed by atoms with Crippen LogP contribution >= 0.6 is 22.9 Å². The Bertz CT molecular complexity index is 515. The van der Waals surface area contributed by atoms with E-state index in [0.717, 1.165) is 4.88 Å². The predicted molar refractivity (Wildman–Crippen MR) is 75.1 cm³/mol. The SMILES string of the molecule is CC1(C)C(=O)NC(=O)CN1C(CN)c1ccc(Cl)s1. The van der Waals surface area contributed by atoms with Crippen LogP contribution in [0.2, 0.25) is 4.34 Å². The lowest BCUT2D eigenvalue weighted by Crippen LogP contribution is -2.65. The molecule has 0 spiro atoms. The number of rotatable bonds is 3. The Balaban J connectivity index is 2.35. The Labute approximate surface area is 120 Å². The van der Waals surface area contributed by atoms with E-state index in [1.54, 1.807) is 19.9 Å². The monoisotopic (exact) mass is 301 g/mol. The van der Waals surface area contributed by atoms with Crippen molar-refractivity contribution in [2.24, 2.45) is 5.73 Å². The molecule has 2 rings (SSSR count). The molecule has 19 heavy (non-hydrogen) atoms. The van der Waals surface area contributed by atoms with Crippen LogP contribution in [0.5, 0.6) is 0 Å². The molecule has 0 aliphatic carbocycles. The van der Waals surface area contributed by atoms with E-state index in [1.807, 2.05) is 11.0 Å². The first-order valence-corrected chi connectivity index (χ1v) is 7.12. The van der Waals surface area contributed by atoms with Crippen LogP contribution in [-0.2, 0) is 9.59 Å². The third kappa shape index (κ3) is 2.67. The average molecular weight is 302 g/mol. The van der Waals surface area contributed by atoms with Gasteiger partial charge >= 0.3 is 0 Å². The maximum atomic E-state index is 12.0. The van der Waals surface area contributed by atoms with E-state index in [1.165, 1.54) is 11.3 Å². The van der Waals surface area contributed by atoms with Crippen LogP contribution in [0.25, 0.3) is 0 Å². The highest BCUT2D eigenvalue weighted by Gasteiger charge is 2.44. The summed E-state index contributed by atoms with van der Waals surface area (Å²) in [7, 11) is 0. The summed E-state index contributed by atoms with van der Waals surface area (Å²) in [6.07, 6.45) is 0. The van der Waals surface area contributed by atoms with Gasteiger partial charge in [-0.1, -0.05) is 11.6 Å². The van der Waals surface area contributed by atoms with E-state index in [0.29, 0.717) is 10.9 Å². The van der Waals surface area contributed by atoms with Crippen LogP contribution in [0.1, 0.15) is 24.8 Å². The molecule has 1 fully saturated rings. The number of nitrogens with two attached hydrogens (primary N) is 1. The second-order valence-electron chi connectivity index (χ2n) is 4.96. The van der Waals surface area contributed by atoms with Crippen molar-refractivity contribution in [3.63, 3.8) is 0 Å². The number of piperazine rings is 1. The number of nitrogens with one attached hydrogen (secondary N) is 1. The zero-order valence-electron chi connectivity index (χ0n) is 10.8. The summed E-state index contributed by atoms with van der Waals surface area (Å²) in [4.78, 5) is 26.3. The van der Waals surface area contributed by atoms with Gasteiger partial charge in [0.15, 0.2) is 0 Å². The lowest BCUT2D eigenvalue weighted by atomic mass is 9.95. The van der Waals surface area contributed by atoms with Crippen molar-refractivity contribution in [2.75, 3.05) is 13.1 Å². The van der Waals surface area contributed by atoms with Gasteiger partial charge in [0.25, 0.3) is 0 Å². The molecule has 1 saturated heterocycles. The molecule has 5 nitrogen and oxygen atoms in total. The first-order chi connectivity index (χ1) is 8.86. The maximum Gasteiger partial charge on any atom is 0.246 e. The van der Waals surface area contributed by atoms with E-state index >= 15 is 0 Å². The predicted octanol–water partition coefficient (Wildman–Crippen LogP) is 1.14. The topological polar surface area (TPSA) is 75.4 Å². The number of hydrogen-bond acceptors (Lipinski definition) is 5. The highest BCUT2D eigenvalue weighted by Crippen LogP contribution is 2.34. The first kappa shape index (κ1) is 14.5. The number of imide groups is 1. The van der Waals surface area contributed by atoms with Crippen molar-refractivity contribution < 1.29 is 9.59 Å². The van der Waals surface area contributed by atoms with E-state index in [4.69, 9.17) is 17.3 Å². The van der Waals surface area contributed by atoms with Crippen molar-refractivity contribution >= 4 is 34.8 Å². The first-order valence-electron chi connectivity index (χ1n) is 5.92. The quantitative estimate of drug-likeness (QED) is 0.821. The molecule has 0 bridgehead atoms. The molecular formula is C12H16ClN3O2S. The van der Waals surface area contributed by atoms with Crippen LogP contribution in [0.3, 0.4) is 0 Å².